The average Bonchev–Trinajstić information content (AvgIpc) is 2.87. The molecule has 0 amide bonds. The zero-order valence-corrected chi connectivity index (χ0v) is 13.2. The van der Waals surface area contributed by atoms with Crippen LogP contribution in [0.25, 0.3) is 10.9 Å². The van der Waals surface area contributed by atoms with Crippen LogP contribution in [0.2, 0.25) is 10.0 Å². The summed E-state index contributed by atoms with van der Waals surface area (Å²) < 4.78 is 0. The first kappa shape index (κ1) is 14.5. The third kappa shape index (κ3) is 3.08. The highest BCUT2D eigenvalue weighted by molar-refractivity contribution is 6.31. The highest BCUT2D eigenvalue weighted by Gasteiger charge is 2.10. The first-order valence-electron chi connectivity index (χ1n) is 6.88. The molecule has 4 heteroatoms. The second kappa shape index (κ2) is 6.10. The van der Waals surface area contributed by atoms with Crippen molar-refractivity contribution in [1.82, 2.24) is 10.3 Å². The highest BCUT2D eigenvalue weighted by atomic mass is 35.5. The Morgan fingerprint density at radius 2 is 1.95 bits per heavy atom. The number of halogens is 2. The van der Waals surface area contributed by atoms with Crippen LogP contribution in [0, 0.1) is 0 Å². The molecular formula is C17H16Cl2N2. The van der Waals surface area contributed by atoms with E-state index < -0.39 is 0 Å². The maximum Gasteiger partial charge on any atom is 0.0472 e. The Morgan fingerprint density at radius 3 is 2.76 bits per heavy atom. The molecule has 1 aromatic heterocycles. The molecule has 0 aliphatic carbocycles. The summed E-state index contributed by atoms with van der Waals surface area (Å²) in [7, 11) is 0. The van der Waals surface area contributed by atoms with Crippen molar-refractivity contribution in [3.63, 3.8) is 0 Å². The lowest BCUT2D eigenvalue weighted by Crippen LogP contribution is -2.18. The van der Waals surface area contributed by atoms with Gasteiger partial charge in [0.05, 0.1) is 0 Å². The minimum atomic E-state index is 0.191. The summed E-state index contributed by atoms with van der Waals surface area (Å²) in [4.78, 5) is 3.25. The molecule has 0 spiro atoms. The molecule has 2 N–H and O–H groups in total. The van der Waals surface area contributed by atoms with Crippen molar-refractivity contribution in [2.75, 3.05) is 0 Å². The molecule has 21 heavy (non-hydrogen) atoms. The number of rotatable bonds is 4. The van der Waals surface area contributed by atoms with Crippen molar-refractivity contribution in [3.8, 4) is 0 Å². The summed E-state index contributed by atoms with van der Waals surface area (Å²) >= 11 is 12.2. The molecule has 0 bridgehead atoms. The summed E-state index contributed by atoms with van der Waals surface area (Å²) in [5, 5.41) is 6.24. The summed E-state index contributed by atoms with van der Waals surface area (Å²) in [6, 6.07) is 14.0. The zero-order valence-electron chi connectivity index (χ0n) is 11.7. The lowest BCUT2D eigenvalue weighted by Gasteiger charge is -2.15. The molecule has 2 aromatic carbocycles. The Labute approximate surface area is 134 Å². The summed E-state index contributed by atoms with van der Waals surface area (Å²) in [5.41, 5.74) is 3.40. The lowest BCUT2D eigenvalue weighted by molar-refractivity contribution is 0.576. The van der Waals surface area contributed by atoms with E-state index in [1.807, 2.05) is 42.6 Å². The molecule has 0 aliphatic heterocycles. The third-order valence-electron chi connectivity index (χ3n) is 3.70. The molecule has 1 atom stereocenters. The molecule has 0 fully saturated rings. The molecule has 0 saturated heterocycles. The normalized spacial score (nSPS) is 12.7. The van der Waals surface area contributed by atoms with Gasteiger partial charge < -0.3 is 10.3 Å². The van der Waals surface area contributed by atoms with Gasteiger partial charge in [-0.1, -0.05) is 47.5 Å². The fraction of sp³-hybridized carbons (Fsp3) is 0.176. The molecule has 0 saturated carbocycles. The molecule has 0 unspecified atom stereocenters. The number of aromatic amines is 1. The van der Waals surface area contributed by atoms with Crippen LogP contribution in [0.5, 0.6) is 0 Å². The van der Waals surface area contributed by atoms with Gasteiger partial charge in [0, 0.05) is 39.7 Å². The fourth-order valence-corrected chi connectivity index (χ4v) is 2.98. The van der Waals surface area contributed by atoms with E-state index in [1.54, 1.807) is 0 Å². The van der Waals surface area contributed by atoms with E-state index >= 15 is 0 Å². The smallest absolute Gasteiger partial charge is 0.0472 e. The van der Waals surface area contributed by atoms with Crippen LogP contribution in [0.15, 0.2) is 48.7 Å². The molecule has 0 radical (unpaired) electrons. The van der Waals surface area contributed by atoms with Crippen LogP contribution in [-0.4, -0.2) is 4.98 Å². The molecule has 3 rings (SSSR count). The molecule has 108 valence electrons. The van der Waals surface area contributed by atoms with Crippen molar-refractivity contribution >= 4 is 34.1 Å². The van der Waals surface area contributed by atoms with Gasteiger partial charge in [0.1, 0.15) is 0 Å². The van der Waals surface area contributed by atoms with Crippen molar-refractivity contribution in [3.05, 3.63) is 69.8 Å². The van der Waals surface area contributed by atoms with E-state index in [4.69, 9.17) is 23.2 Å². The van der Waals surface area contributed by atoms with E-state index in [2.05, 4.69) is 23.3 Å². The number of H-pyrrole nitrogens is 1. The molecule has 3 aromatic rings. The van der Waals surface area contributed by atoms with Crippen molar-refractivity contribution in [2.24, 2.45) is 0 Å². The first-order chi connectivity index (χ1) is 10.1. The second-order valence-electron chi connectivity index (χ2n) is 5.13. The quantitative estimate of drug-likeness (QED) is 0.669. The van der Waals surface area contributed by atoms with Crippen LogP contribution in [0.4, 0.5) is 0 Å². The van der Waals surface area contributed by atoms with Gasteiger partial charge >= 0.3 is 0 Å². The molecule has 2 nitrogen and oxygen atoms in total. The number of aromatic nitrogens is 1. The Bertz CT molecular complexity index is 764. The van der Waals surface area contributed by atoms with E-state index in [-0.39, 0.29) is 6.04 Å². The van der Waals surface area contributed by atoms with Gasteiger partial charge in [-0.15, -0.1) is 0 Å². The number of benzene rings is 2. The van der Waals surface area contributed by atoms with Gasteiger partial charge in [-0.05, 0) is 36.2 Å². The van der Waals surface area contributed by atoms with E-state index in [0.717, 1.165) is 27.7 Å². The maximum absolute atomic E-state index is 6.23. The standard InChI is InChI=1S/C17H16Cl2N2/c1-11(14-4-2-3-5-16(14)19)20-9-12-10-21-17-8-13(18)6-7-15(12)17/h2-8,10-11,20-21H,9H2,1H3/t11-/m1/s1. The van der Waals surface area contributed by atoms with Gasteiger partial charge in [-0.2, -0.15) is 0 Å². The Hall–Kier alpha value is -1.48. The van der Waals surface area contributed by atoms with E-state index in [0.29, 0.717) is 0 Å². The van der Waals surface area contributed by atoms with Crippen molar-refractivity contribution in [2.45, 2.75) is 19.5 Å². The fourth-order valence-electron chi connectivity index (χ4n) is 2.50. The van der Waals surface area contributed by atoms with Crippen LogP contribution >= 0.6 is 23.2 Å². The third-order valence-corrected chi connectivity index (χ3v) is 4.28. The number of nitrogens with one attached hydrogen (secondary N) is 2. The highest BCUT2D eigenvalue weighted by Crippen LogP contribution is 2.25. The maximum atomic E-state index is 6.23. The van der Waals surface area contributed by atoms with E-state index in [1.165, 1.54) is 10.9 Å². The summed E-state index contributed by atoms with van der Waals surface area (Å²) in [5.74, 6) is 0. The Kier molecular flexibility index (Phi) is 4.20. The number of hydrogen-bond donors (Lipinski definition) is 2. The van der Waals surface area contributed by atoms with Gasteiger partial charge in [0.2, 0.25) is 0 Å². The average molecular weight is 319 g/mol. The summed E-state index contributed by atoms with van der Waals surface area (Å²) in [6.45, 7) is 2.89. The van der Waals surface area contributed by atoms with Gasteiger partial charge in [0.15, 0.2) is 0 Å². The first-order valence-corrected chi connectivity index (χ1v) is 7.64. The minimum absolute atomic E-state index is 0.191. The lowest BCUT2D eigenvalue weighted by atomic mass is 10.1. The molecule has 1 heterocycles. The van der Waals surface area contributed by atoms with Gasteiger partial charge in [-0.3, -0.25) is 0 Å². The van der Waals surface area contributed by atoms with Crippen LogP contribution in [0.3, 0.4) is 0 Å². The van der Waals surface area contributed by atoms with Crippen molar-refractivity contribution in [1.29, 1.82) is 0 Å². The van der Waals surface area contributed by atoms with Crippen LogP contribution in [-0.2, 0) is 6.54 Å². The topological polar surface area (TPSA) is 27.8 Å². The van der Waals surface area contributed by atoms with E-state index in [9.17, 15) is 0 Å². The van der Waals surface area contributed by atoms with Gasteiger partial charge in [-0.25, -0.2) is 0 Å². The Balaban J connectivity index is 1.76. The summed E-state index contributed by atoms with van der Waals surface area (Å²) in [6.07, 6.45) is 2.02. The predicted octanol–water partition coefficient (Wildman–Crippen LogP) is 5.33. The Morgan fingerprint density at radius 1 is 1.14 bits per heavy atom. The van der Waals surface area contributed by atoms with Crippen molar-refractivity contribution < 1.29 is 0 Å². The van der Waals surface area contributed by atoms with Crippen LogP contribution < -0.4 is 5.32 Å². The predicted molar refractivity (Wildman–Crippen MR) is 90.0 cm³/mol. The molecule has 0 aliphatic rings. The molecular weight excluding hydrogens is 303 g/mol. The minimum Gasteiger partial charge on any atom is -0.361 e. The number of hydrogen-bond acceptors (Lipinski definition) is 1. The SMILES string of the molecule is C[C@@H](NCc1c[nH]c2cc(Cl)ccc12)c1ccccc1Cl. The van der Waals surface area contributed by atoms with Gasteiger partial charge in [0.25, 0.3) is 0 Å². The largest absolute Gasteiger partial charge is 0.361 e. The second-order valence-corrected chi connectivity index (χ2v) is 5.97. The van der Waals surface area contributed by atoms with Crippen LogP contribution in [0.1, 0.15) is 24.1 Å². The zero-order chi connectivity index (χ0) is 14.8. The number of fused-ring (bicyclic) bond motifs is 1. The monoisotopic (exact) mass is 318 g/mol.